The predicted molar refractivity (Wildman–Crippen MR) is 84.5 cm³/mol. The van der Waals surface area contributed by atoms with Gasteiger partial charge in [-0.05, 0) is 29.3 Å². The van der Waals surface area contributed by atoms with Crippen molar-refractivity contribution >= 4 is 11.9 Å². The van der Waals surface area contributed by atoms with E-state index in [4.69, 9.17) is 5.26 Å². The highest BCUT2D eigenvalue weighted by atomic mass is 19.1. The van der Waals surface area contributed by atoms with Crippen molar-refractivity contribution in [1.29, 1.82) is 5.26 Å². The van der Waals surface area contributed by atoms with Crippen LogP contribution in [0.2, 0.25) is 0 Å². The zero-order valence-electron chi connectivity index (χ0n) is 13.0. The SMILES string of the molecule is N#Cc1ccccc1C[C@H](NC(=O)Cc1cc(F)cc(F)c1)C(=O)O. The van der Waals surface area contributed by atoms with E-state index in [1.165, 1.54) is 0 Å². The third-order valence-corrected chi connectivity index (χ3v) is 3.48. The van der Waals surface area contributed by atoms with Crippen molar-refractivity contribution in [2.75, 3.05) is 0 Å². The summed E-state index contributed by atoms with van der Waals surface area (Å²) in [5.74, 6) is -3.60. The van der Waals surface area contributed by atoms with Crippen LogP contribution in [0.4, 0.5) is 8.78 Å². The van der Waals surface area contributed by atoms with Gasteiger partial charge in [-0.2, -0.15) is 5.26 Å². The van der Waals surface area contributed by atoms with Crippen LogP contribution in [0.25, 0.3) is 0 Å². The number of carbonyl (C=O) groups is 2. The smallest absolute Gasteiger partial charge is 0.326 e. The molecule has 5 nitrogen and oxygen atoms in total. The molecule has 0 spiro atoms. The number of nitriles is 1. The summed E-state index contributed by atoms with van der Waals surface area (Å²) in [6.45, 7) is 0. The summed E-state index contributed by atoms with van der Waals surface area (Å²) in [6, 6.07) is 9.83. The van der Waals surface area contributed by atoms with Gasteiger partial charge in [0.05, 0.1) is 18.1 Å². The number of rotatable bonds is 6. The Morgan fingerprint density at radius 1 is 1.16 bits per heavy atom. The van der Waals surface area contributed by atoms with Crippen LogP contribution in [0.1, 0.15) is 16.7 Å². The van der Waals surface area contributed by atoms with Crippen molar-refractivity contribution < 1.29 is 23.5 Å². The second-order valence-corrected chi connectivity index (χ2v) is 5.39. The number of nitrogens with one attached hydrogen (secondary N) is 1. The van der Waals surface area contributed by atoms with Gasteiger partial charge in [-0.25, -0.2) is 13.6 Å². The van der Waals surface area contributed by atoms with E-state index in [1.807, 2.05) is 6.07 Å². The lowest BCUT2D eigenvalue weighted by molar-refractivity contribution is -0.141. The molecule has 2 aromatic rings. The quantitative estimate of drug-likeness (QED) is 0.840. The summed E-state index contributed by atoms with van der Waals surface area (Å²) in [7, 11) is 0. The van der Waals surface area contributed by atoms with Gasteiger partial charge in [-0.1, -0.05) is 18.2 Å². The van der Waals surface area contributed by atoms with E-state index >= 15 is 0 Å². The van der Waals surface area contributed by atoms with Gasteiger partial charge in [-0.15, -0.1) is 0 Å². The first-order chi connectivity index (χ1) is 11.9. The van der Waals surface area contributed by atoms with Crippen molar-refractivity contribution in [1.82, 2.24) is 5.32 Å². The molecule has 0 bridgehead atoms. The fraction of sp³-hybridized carbons (Fsp3) is 0.167. The summed E-state index contributed by atoms with van der Waals surface area (Å²) in [4.78, 5) is 23.4. The molecule has 7 heteroatoms. The molecule has 2 rings (SSSR count). The Morgan fingerprint density at radius 3 is 2.40 bits per heavy atom. The van der Waals surface area contributed by atoms with E-state index < -0.39 is 29.6 Å². The minimum atomic E-state index is -1.27. The van der Waals surface area contributed by atoms with Gasteiger partial charge in [0.2, 0.25) is 5.91 Å². The second-order valence-electron chi connectivity index (χ2n) is 5.39. The van der Waals surface area contributed by atoms with E-state index in [0.29, 0.717) is 17.2 Å². The molecule has 0 unspecified atom stereocenters. The Balaban J connectivity index is 2.09. The lowest BCUT2D eigenvalue weighted by atomic mass is 10.0. The predicted octanol–water partition coefficient (Wildman–Crippen LogP) is 2.19. The third kappa shape index (κ3) is 5.11. The zero-order valence-corrected chi connectivity index (χ0v) is 13.0. The maximum absolute atomic E-state index is 13.1. The van der Waals surface area contributed by atoms with Gasteiger partial charge >= 0.3 is 5.97 Å². The largest absolute Gasteiger partial charge is 0.480 e. The number of carboxylic acid groups (broad SMARTS) is 1. The van der Waals surface area contributed by atoms with Crippen LogP contribution in [0.15, 0.2) is 42.5 Å². The lowest BCUT2D eigenvalue weighted by Crippen LogP contribution is -2.43. The van der Waals surface area contributed by atoms with E-state index in [1.54, 1.807) is 24.3 Å². The summed E-state index contributed by atoms with van der Waals surface area (Å²) >= 11 is 0. The molecule has 2 aromatic carbocycles. The Labute approximate surface area is 142 Å². The molecule has 0 aromatic heterocycles. The minimum absolute atomic E-state index is 0.0810. The molecular formula is C18H14F2N2O3. The topological polar surface area (TPSA) is 90.2 Å². The number of nitrogens with zero attached hydrogens (tertiary/aromatic N) is 1. The number of halogens is 2. The summed E-state index contributed by atoms with van der Waals surface area (Å²) in [6.07, 6.45) is -0.444. The molecule has 0 radical (unpaired) electrons. The molecule has 0 aliphatic heterocycles. The molecule has 2 N–H and O–H groups in total. The van der Waals surface area contributed by atoms with Gasteiger partial charge in [0.15, 0.2) is 0 Å². The number of benzene rings is 2. The minimum Gasteiger partial charge on any atom is -0.480 e. The van der Waals surface area contributed by atoms with E-state index in [-0.39, 0.29) is 18.4 Å². The molecule has 1 atom stereocenters. The average Bonchev–Trinajstić information content (AvgIpc) is 2.53. The highest BCUT2D eigenvalue weighted by Gasteiger charge is 2.22. The summed E-state index contributed by atoms with van der Waals surface area (Å²) in [5, 5.41) is 20.6. The van der Waals surface area contributed by atoms with Gasteiger partial charge in [0.25, 0.3) is 0 Å². The second kappa shape index (κ2) is 8.02. The molecule has 0 saturated heterocycles. The maximum Gasteiger partial charge on any atom is 0.326 e. The molecule has 0 heterocycles. The normalized spacial score (nSPS) is 11.4. The van der Waals surface area contributed by atoms with Crippen molar-refractivity contribution in [3.8, 4) is 6.07 Å². The molecule has 1 amide bonds. The molecule has 0 aliphatic carbocycles. The Bertz CT molecular complexity index is 826. The van der Waals surface area contributed by atoms with E-state index in [9.17, 15) is 23.5 Å². The maximum atomic E-state index is 13.1. The summed E-state index contributed by atoms with van der Waals surface area (Å²) in [5.41, 5.74) is 0.890. The fourth-order valence-corrected chi connectivity index (χ4v) is 2.37. The molecule has 0 saturated carbocycles. The van der Waals surface area contributed by atoms with Crippen LogP contribution in [0, 0.1) is 23.0 Å². The highest BCUT2D eigenvalue weighted by molar-refractivity contribution is 5.85. The molecule has 0 fully saturated rings. The number of carboxylic acids is 1. The Morgan fingerprint density at radius 2 is 1.80 bits per heavy atom. The van der Waals surface area contributed by atoms with E-state index in [0.717, 1.165) is 12.1 Å². The van der Waals surface area contributed by atoms with Crippen LogP contribution >= 0.6 is 0 Å². The zero-order chi connectivity index (χ0) is 18.4. The first-order valence-electron chi connectivity index (χ1n) is 7.34. The van der Waals surface area contributed by atoms with Gasteiger partial charge in [0, 0.05) is 12.5 Å². The first kappa shape index (κ1) is 18.1. The highest BCUT2D eigenvalue weighted by Crippen LogP contribution is 2.12. The molecule has 0 aliphatic rings. The monoisotopic (exact) mass is 344 g/mol. The number of carbonyl (C=O) groups excluding carboxylic acids is 1. The lowest BCUT2D eigenvalue weighted by Gasteiger charge is -2.15. The van der Waals surface area contributed by atoms with Crippen molar-refractivity contribution in [3.63, 3.8) is 0 Å². The average molecular weight is 344 g/mol. The summed E-state index contributed by atoms with van der Waals surface area (Å²) < 4.78 is 26.3. The Kier molecular flexibility index (Phi) is 5.79. The van der Waals surface area contributed by atoms with Gasteiger partial charge in [0.1, 0.15) is 17.7 Å². The first-order valence-corrected chi connectivity index (χ1v) is 7.34. The molecular weight excluding hydrogens is 330 g/mol. The van der Waals surface area contributed by atoms with Crippen LogP contribution in [0.3, 0.4) is 0 Å². The van der Waals surface area contributed by atoms with E-state index in [2.05, 4.69) is 5.32 Å². The van der Waals surface area contributed by atoms with Gasteiger partial charge in [-0.3, -0.25) is 4.79 Å². The fourth-order valence-electron chi connectivity index (χ4n) is 2.37. The number of hydrogen-bond donors (Lipinski definition) is 2. The van der Waals surface area contributed by atoms with Crippen LogP contribution in [-0.2, 0) is 22.4 Å². The number of amides is 1. The number of hydrogen-bond acceptors (Lipinski definition) is 3. The van der Waals surface area contributed by atoms with Crippen LogP contribution in [0.5, 0.6) is 0 Å². The van der Waals surface area contributed by atoms with Crippen LogP contribution < -0.4 is 5.32 Å². The van der Waals surface area contributed by atoms with Crippen molar-refractivity contribution in [2.45, 2.75) is 18.9 Å². The van der Waals surface area contributed by atoms with Crippen LogP contribution in [-0.4, -0.2) is 23.0 Å². The Hall–Kier alpha value is -3.27. The standard InChI is InChI=1S/C18H14F2N2O3/c19-14-5-11(6-15(20)9-14)7-17(23)22-16(18(24)25)8-12-3-1-2-4-13(12)10-21/h1-6,9,16H,7-8H2,(H,22,23)(H,24,25)/t16-/m0/s1. The number of aliphatic carboxylic acids is 1. The molecule has 25 heavy (non-hydrogen) atoms. The van der Waals surface area contributed by atoms with Crippen molar-refractivity contribution in [2.24, 2.45) is 0 Å². The third-order valence-electron chi connectivity index (χ3n) is 3.48. The van der Waals surface area contributed by atoms with Gasteiger partial charge < -0.3 is 10.4 Å². The van der Waals surface area contributed by atoms with Crippen molar-refractivity contribution in [3.05, 3.63) is 70.8 Å². The molecule has 128 valence electrons.